The van der Waals surface area contributed by atoms with Gasteiger partial charge in [-0.15, -0.1) is 0 Å². The molecular formula is C28H52O3Sn. The molecule has 0 aliphatic heterocycles. The monoisotopic (exact) mass is 556 g/mol. The van der Waals surface area contributed by atoms with Gasteiger partial charge in [0.15, 0.2) is 0 Å². The number of hydrogen-bond donors (Lipinski definition) is 1. The van der Waals surface area contributed by atoms with E-state index < -0.39 is 24.0 Å². The molecule has 2 aliphatic carbocycles. The molecule has 0 aromatic carbocycles. The van der Waals surface area contributed by atoms with Crippen LogP contribution in [0.3, 0.4) is 0 Å². The number of esters is 1. The van der Waals surface area contributed by atoms with E-state index in [1.165, 1.54) is 57.4 Å². The molecule has 0 bridgehead atoms. The van der Waals surface area contributed by atoms with Gasteiger partial charge in [-0.2, -0.15) is 0 Å². The average Bonchev–Trinajstić information content (AvgIpc) is 3.01. The van der Waals surface area contributed by atoms with Crippen LogP contribution in [-0.2, 0) is 9.53 Å². The average molecular weight is 555 g/mol. The van der Waals surface area contributed by atoms with Crippen LogP contribution < -0.4 is 0 Å². The molecule has 0 saturated heterocycles. The van der Waals surface area contributed by atoms with E-state index in [-0.39, 0.29) is 22.7 Å². The van der Waals surface area contributed by atoms with Crippen LogP contribution in [0.15, 0.2) is 9.67 Å². The van der Waals surface area contributed by atoms with Gasteiger partial charge in [-0.1, -0.05) is 0 Å². The molecule has 0 aromatic heterocycles. The number of fused-ring (bicyclic) bond motifs is 1. The van der Waals surface area contributed by atoms with Crippen molar-refractivity contribution in [3.8, 4) is 0 Å². The normalized spacial score (nSPS) is 30.6. The molecule has 0 spiro atoms. The van der Waals surface area contributed by atoms with E-state index >= 15 is 0 Å². The predicted octanol–water partition coefficient (Wildman–Crippen LogP) is 7.83. The summed E-state index contributed by atoms with van der Waals surface area (Å²) in [6.07, 6.45) is 10.9. The second-order valence-electron chi connectivity index (χ2n) is 12.1. The van der Waals surface area contributed by atoms with Gasteiger partial charge in [-0.25, -0.2) is 0 Å². The zero-order chi connectivity index (χ0) is 24.0. The number of aliphatic hydroxyl groups is 1. The molecule has 2 rings (SSSR count). The van der Waals surface area contributed by atoms with E-state index in [4.69, 9.17) is 4.74 Å². The zero-order valence-corrected chi connectivity index (χ0v) is 25.2. The standard InChI is InChI=1S/C16H25O3.3C4H9.Sn/c1-6-19-13(17)7-12-11(2)8-16(18)10-14(3,4)9-15(12,16)5;3*1-3-4-2;/h2,12,18H,6-10H2,1,3-5H3;3*1,3-4H2,2H3;/t12-,15+,16-;;;;/m0..../s1. The van der Waals surface area contributed by atoms with Crippen LogP contribution in [0, 0.1) is 16.7 Å². The van der Waals surface area contributed by atoms with E-state index in [0.717, 1.165) is 19.3 Å². The molecule has 32 heavy (non-hydrogen) atoms. The van der Waals surface area contributed by atoms with E-state index in [9.17, 15) is 9.90 Å². The number of unbranched alkanes of at least 4 members (excludes halogenated alkanes) is 3. The van der Waals surface area contributed by atoms with Crippen LogP contribution in [0.25, 0.3) is 0 Å². The predicted molar refractivity (Wildman–Crippen MR) is 138 cm³/mol. The van der Waals surface area contributed by atoms with Gasteiger partial charge in [0.25, 0.3) is 0 Å². The maximum atomic E-state index is 12.7. The SMILES string of the molecule is CCC[CH2][Sn](/[CH]=C1\C[C@]2(O)CC(C)(C)C[C@]2(C)[C@H]1CC(=O)OCC)([CH2]CCC)[CH2]CCC. The van der Waals surface area contributed by atoms with Gasteiger partial charge in [-0.3, -0.25) is 0 Å². The summed E-state index contributed by atoms with van der Waals surface area (Å²) < 4.78 is 12.5. The Morgan fingerprint density at radius 3 is 2.00 bits per heavy atom. The third-order valence-electron chi connectivity index (χ3n) is 8.65. The number of hydrogen-bond acceptors (Lipinski definition) is 3. The Morgan fingerprint density at radius 1 is 1.00 bits per heavy atom. The van der Waals surface area contributed by atoms with Gasteiger partial charge < -0.3 is 0 Å². The first kappa shape index (κ1) is 28.2. The van der Waals surface area contributed by atoms with Crippen molar-refractivity contribution in [1.29, 1.82) is 0 Å². The van der Waals surface area contributed by atoms with Crippen molar-refractivity contribution in [3.05, 3.63) is 9.67 Å². The van der Waals surface area contributed by atoms with E-state index in [0.29, 0.717) is 13.0 Å². The Labute approximate surface area is 203 Å². The molecule has 0 radical (unpaired) electrons. The van der Waals surface area contributed by atoms with Crippen molar-refractivity contribution in [2.75, 3.05) is 6.61 Å². The second kappa shape index (κ2) is 11.6. The first-order valence-corrected chi connectivity index (χ1v) is 21.3. The van der Waals surface area contributed by atoms with Crippen molar-refractivity contribution >= 4 is 24.3 Å². The van der Waals surface area contributed by atoms with Crippen molar-refractivity contribution < 1.29 is 14.6 Å². The summed E-state index contributed by atoms with van der Waals surface area (Å²) in [5.41, 5.74) is 0.650. The molecule has 3 atom stereocenters. The summed E-state index contributed by atoms with van der Waals surface area (Å²) in [6.45, 7) is 16.1. The minimum atomic E-state index is -2.54. The van der Waals surface area contributed by atoms with Gasteiger partial charge in [0, 0.05) is 0 Å². The third kappa shape index (κ3) is 6.34. The molecule has 2 aliphatic rings. The zero-order valence-electron chi connectivity index (χ0n) is 22.3. The molecule has 2 saturated carbocycles. The molecule has 0 heterocycles. The van der Waals surface area contributed by atoms with Crippen LogP contribution >= 0.6 is 0 Å². The fourth-order valence-corrected chi connectivity index (χ4v) is 22.8. The van der Waals surface area contributed by atoms with Crippen molar-refractivity contribution in [2.24, 2.45) is 16.7 Å². The Hall–Kier alpha value is -0.0313. The van der Waals surface area contributed by atoms with Gasteiger partial charge in [0.2, 0.25) is 0 Å². The third-order valence-corrected chi connectivity index (χ3v) is 23.0. The number of rotatable bonds is 13. The van der Waals surface area contributed by atoms with Crippen molar-refractivity contribution in [1.82, 2.24) is 0 Å². The molecule has 3 nitrogen and oxygen atoms in total. The summed E-state index contributed by atoms with van der Waals surface area (Å²) in [5.74, 6) is 0.0457. The van der Waals surface area contributed by atoms with Crippen LogP contribution in [0.2, 0.25) is 13.3 Å². The van der Waals surface area contributed by atoms with Crippen LogP contribution in [0.1, 0.15) is 113 Å². The van der Waals surface area contributed by atoms with Crippen molar-refractivity contribution in [2.45, 2.75) is 132 Å². The summed E-state index contributed by atoms with van der Waals surface area (Å²) in [4.78, 5) is 12.7. The molecule has 0 aromatic rings. The molecule has 1 N–H and O–H groups in total. The molecular weight excluding hydrogens is 503 g/mol. The Balaban J connectivity index is 2.51. The topological polar surface area (TPSA) is 46.5 Å². The van der Waals surface area contributed by atoms with E-state index in [1.807, 2.05) is 6.92 Å². The van der Waals surface area contributed by atoms with Gasteiger partial charge in [0.1, 0.15) is 0 Å². The fourth-order valence-electron chi connectivity index (χ4n) is 7.26. The van der Waals surface area contributed by atoms with Crippen molar-refractivity contribution in [3.63, 3.8) is 0 Å². The Morgan fingerprint density at radius 2 is 1.53 bits per heavy atom. The summed E-state index contributed by atoms with van der Waals surface area (Å²) >= 11 is -2.54. The van der Waals surface area contributed by atoms with Gasteiger partial charge >= 0.3 is 204 Å². The Kier molecular flexibility index (Phi) is 10.2. The van der Waals surface area contributed by atoms with Gasteiger partial charge in [-0.05, 0) is 0 Å². The van der Waals surface area contributed by atoms with Crippen LogP contribution in [0.5, 0.6) is 0 Å². The molecule has 0 unspecified atom stereocenters. The quantitative estimate of drug-likeness (QED) is 0.186. The Bertz CT molecular complexity index is 633. The van der Waals surface area contributed by atoms with Crippen LogP contribution in [-0.4, -0.2) is 41.7 Å². The summed E-state index contributed by atoms with van der Waals surface area (Å²) in [6, 6.07) is 0. The number of carbonyl (C=O) groups excluding carboxylic acids is 1. The first-order chi connectivity index (χ1) is 15.0. The van der Waals surface area contributed by atoms with E-state index in [1.54, 1.807) is 0 Å². The first-order valence-electron chi connectivity index (χ1n) is 13.6. The number of carbonyl (C=O) groups is 1. The summed E-state index contributed by atoms with van der Waals surface area (Å²) in [5, 5.41) is 12.0. The van der Waals surface area contributed by atoms with Gasteiger partial charge in [0.05, 0.1) is 0 Å². The minimum absolute atomic E-state index is 0.0879. The fraction of sp³-hybridized carbons (Fsp3) is 0.893. The molecule has 186 valence electrons. The summed E-state index contributed by atoms with van der Waals surface area (Å²) in [7, 11) is 0. The number of ether oxygens (including phenoxy) is 1. The molecule has 4 heteroatoms. The van der Waals surface area contributed by atoms with Crippen LogP contribution in [0.4, 0.5) is 0 Å². The second-order valence-corrected chi connectivity index (χ2v) is 25.0. The van der Waals surface area contributed by atoms with E-state index in [2.05, 4.69) is 45.6 Å². The molecule has 0 amide bonds. The maximum absolute atomic E-state index is 12.7. The molecule has 2 fully saturated rings.